The number of Topliss-reactive ketones (excluding diaryl/α,β-unsaturated/α-hetero) is 1. The predicted octanol–water partition coefficient (Wildman–Crippen LogP) is 3.65. The second-order valence-corrected chi connectivity index (χ2v) is 6.90. The second kappa shape index (κ2) is 8.53. The lowest BCUT2D eigenvalue weighted by Gasteiger charge is -2.07. The molecule has 0 fully saturated rings. The molecule has 2 aromatic rings. The summed E-state index contributed by atoms with van der Waals surface area (Å²) in [5, 5.41) is 2.31. The van der Waals surface area contributed by atoms with Crippen LogP contribution in [-0.4, -0.2) is 24.3 Å². The van der Waals surface area contributed by atoms with Crippen molar-refractivity contribution in [3.8, 4) is 0 Å². The molecule has 0 saturated heterocycles. The van der Waals surface area contributed by atoms with Crippen LogP contribution in [0.1, 0.15) is 33.0 Å². The first-order chi connectivity index (χ1) is 11.9. The first kappa shape index (κ1) is 18.8. The summed E-state index contributed by atoms with van der Waals surface area (Å²) >= 11 is 1.53. The Balaban J connectivity index is 1.75. The van der Waals surface area contributed by atoms with Gasteiger partial charge in [0.1, 0.15) is 5.82 Å². The SMILES string of the molecule is Cc1cc(C(=O)CCC(=O)OCC(=O)Nc2ccccc2F)c(C)s1. The third-order valence-corrected chi connectivity index (χ3v) is 4.38. The molecule has 132 valence electrons. The van der Waals surface area contributed by atoms with Gasteiger partial charge in [0, 0.05) is 21.7 Å². The molecule has 0 aliphatic heterocycles. The lowest BCUT2D eigenvalue weighted by Crippen LogP contribution is -2.21. The van der Waals surface area contributed by atoms with E-state index in [4.69, 9.17) is 4.74 Å². The van der Waals surface area contributed by atoms with Crippen molar-refractivity contribution >= 4 is 34.7 Å². The van der Waals surface area contributed by atoms with E-state index >= 15 is 0 Å². The van der Waals surface area contributed by atoms with Gasteiger partial charge in [-0.2, -0.15) is 0 Å². The van der Waals surface area contributed by atoms with Crippen LogP contribution < -0.4 is 5.32 Å². The van der Waals surface area contributed by atoms with E-state index in [1.165, 1.54) is 29.5 Å². The number of nitrogens with one attached hydrogen (secondary N) is 1. The standard InChI is InChI=1S/C18H18FNO4S/c1-11-9-13(12(2)25-11)16(21)7-8-18(23)24-10-17(22)20-15-6-4-3-5-14(15)19/h3-6,9H,7-8,10H2,1-2H3,(H,20,22). The van der Waals surface area contributed by atoms with Crippen LogP contribution in [0.15, 0.2) is 30.3 Å². The Hall–Kier alpha value is -2.54. The molecule has 5 nitrogen and oxygen atoms in total. The summed E-state index contributed by atoms with van der Waals surface area (Å²) in [6, 6.07) is 7.49. The molecule has 0 unspecified atom stereocenters. The van der Waals surface area contributed by atoms with Gasteiger partial charge in [-0.3, -0.25) is 14.4 Å². The van der Waals surface area contributed by atoms with Crippen molar-refractivity contribution in [2.24, 2.45) is 0 Å². The summed E-state index contributed by atoms with van der Waals surface area (Å²) in [7, 11) is 0. The summed E-state index contributed by atoms with van der Waals surface area (Å²) < 4.78 is 18.2. The molecule has 25 heavy (non-hydrogen) atoms. The smallest absolute Gasteiger partial charge is 0.306 e. The number of hydrogen-bond donors (Lipinski definition) is 1. The Morgan fingerprint density at radius 1 is 1.16 bits per heavy atom. The van der Waals surface area contributed by atoms with Gasteiger partial charge in [0.05, 0.1) is 12.1 Å². The van der Waals surface area contributed by atoms with Gasteiger partial charge in [0.25, 0.3) is 5.91 Å². The molecule has 1 aromatic carbocycles. The fourth-order valence-corrected chi connectivity index (χ4v) is 3.17. The maximum Gasteiger partial charge on any atom is 0.306 e. The number of carbonyl (C=O) groups excluding carboxylic acids is 3. The molecule has 0 aliphatic carbocycles. The summed E-state index contributed by atoms with van der Waals surface area (Å²) in [5.74, 6) is -2.00. The van der Waals surface area contributed by atoms with E-state index in [-0.39, 0.29) is 24.3 Å². The number of ether oxygens (including phenoxy) is 1. The van der Waals surface area contributed by atoms with Crippen molar-refractivity contribution in [3.05, 3.63) is 51.5 Å². The van der Waals surface area contributed by atoms with Crippen LogP contribution in [0, 0.1) is 19.7 Å². The number of aryl methyl sites for hydroxylation is 2. The average Bonchev–Trinajstić information content (AvgIpc) is 2.91. The number of ketones is 1. The average molecular weight is 363 g/mol. The molecule has 0 aliphatic rings. The minimum atomic E-state index is -0.651. The zero-order valence-electron chi connectivity index (χ0n) is 13.9. The third kappa shape index (κ3) is 5.49. The molecular formula is C18H18FNO4S. The van der Waals surface area contributed by atoms with Gasteiger partial charge in [0.2, 0.25) is 0 Å². The topological polar surface area (TPSA) is 72.5 Å². The molecule has 0 atom stereocenters. The van der Waals surface area contributed by atoms with Crippen LogP contribution >= 0.6 is 11.3 Å². The third-order valence-electron chi connectivity index (χ3n) is 3.41. The molecular weight excluding hydrogens is 345 g/mol. The van der Waals surface area contributed by atoms with Crippen LogP contribution in [0.25, 0.3) is 0 Å². The fraction of sp³-hybridized carbons (Fsp3) is 0.278. The Labute approximate surface area is 148 Å². The molecule has 1 aromatic heterocycles. The van der Waals surface area contributed by atoms with Crippen LogP contribution in [0.5, 0.6) is 0 Å². The number of esters is 1. The highest BCUT2D eigenvalue weighted by molar-refractivity contribution is 7.12. The molecule has 1 amide bonds. The molecule has 0 radical (unpaired) electrons. The minimum Gasteiger partial charge on any atom is -0.456 e. The molecule has 0 bridgehead atoms. The van der Waals surface area contributed by atoms with Crippen molar-refractivity contribution in [2.75, 3.05) is 11.9 Å². The zero-order chi connectivity index (χ0) is 18.4. The highest BCUT2D eigenvalue weighted by Gasteiger charge is 2.15. The van der Waals surface area contributed by atoms with E-state index < -0.39 is 24.3 Å². The maximum absolute atomic E-state index is 13.4. The number of anilines is 1. The van der Waals surface area contributed by atoms with E-state index in [1.54, 1.807) is 12.1 Å². The van der Waals surface area contributed by atoms with Crippen molar-refractivity contribution in [2.45, 2.75) is 26.7 Å². The highest BCUT2D eigenvalue weighted by atomic mass is 32.1. The van der Waals surface area contributed by atoms with E-state index in [9.17, 15) is 18.8 Å². The maximum atomic E-state index is 13.4. The predicted molar refractivity (Wildman–Crippen MR) is 93.3 cm³/mol. The molecule has 7 heteroatoms. The Kier molecular flexibility index (Phi) is 6.41. The van der Waals surface area contributed by atoms with E-state index in [0.717, 1.165) is 9.75 Å². The van der Waals surface area contributed by atoms with Crippen LogP contribution in [0.2, 0.25) is 0 Å². The molecule has 1 heterocycles. The summed E-state index contributed by atoms with van der Waals surface area (Å²) in [6.45, 7) is 3.24. The number of amides is 1. The van der Waals surface area contributed by atoms with Crippen molar-refractivity contribution in [3.63, 3.8) is 0 Å². The van der Waals surface area contributed by atoms with Gasteiger partial charge in [-0.05, 0) is 32.0 Å². The van der Waals surface area contributed by atoms with Crippen LogP contribution in [-0.2, 0) is 14.3 Å². The molecule has 2 rings (SSSR count). The van der Waals surface area contributed by atoms with Gasteiger partial charge in [-0.25, -0.2) is 4.39 Å². The normalized spacial score (nSPS) is 10.4. The Bertz CT molecular complexity index is 800. The molecule has 0 spiro atoms. The van der Waals surface area contributed by atoms with Gasteiger partial charge in [-0.1, -0.05) is 12.1 Å². The van der Waals surface area contributed by atoms with Crippen molar-refractivity contribution in [1.82, 2.24) is 0 Å². The van der Waals surface area contributed by atoms with Crippen molar-refractivity contribution < 1.29 is 23.5 Å². The minimum absolute atomic E-state index is 0.0158. The quantitative estimate of drug-likeness (QED) is 0.602. The number of carbonyl (C=O) groups is 3. The van der Waals surface area contributed by atoms with E-state index in [2.05, 4.69) is 5.32 Å². The van der Waals surface area contributed by atoms with Crippen molar-refractivity contribution in [1.29, 1.82) is 0 Å². The number of rotatable bonds is 7. The monoisotopic (exact) mass is 363 g/mol. The van der Waals surface area contributed by atoms with E-state index in [0.29, 0.717) is 5.56 Å². The van der Waals surface area contributed by atoms with E-state index in [1.807, 2.05) is 13.8 Å². The number of thiophene rings is 1. The highest BCUT2D eigenvalue weighted by Crippen LogP contribution is 2.22. The summed E-state index contributed by atoms with van der Waals surface area (Å²) in [6.07, 6.45) is -0.0923. The summed E-state index contributed by atoms with van der Waals surface area (Å²) in [5.41, 5.74) is 0.634. The molecule has 1 N–H and O–H groups in total. The van der Waals surface area contributed by atoms with Crippen LogP contribution in [0.3, 0.4) is 0 Å². The first-order valence-electron chi connectivity index (χ1n) is 7.67. The van der Waals surface area contributed by atoms with Gasteiger partial charge in [0.15, 0.2) is 12.4 Å². The van der Waals surface area contributed by atoms with Gasteiger partial charge in [-0.15, -0.1) is 11.3 Å². The number of hydrogen-bond acceptors (Lipinski definition) is 5. The second-order valence-electron chi connectivity index (χ2n) is 5.44. The lowest BCUT2D eigenvalue weighted by atomic mass is 10.1. The Morgan fingerprint density at radius 3 is 2.52 bits per heavy atom. The number of halogens is 1. The summed E-state index contributed by atoms with van der Waals surface area (Å²) in [4.78, 5) is 37.4. The van der Waals surface area contributed by atoms with Crippen LogP contribution in [0.4, 0.5) is 10.1 Å². The number of benzene rings is 1. The number of para-hydroxylation sites is 1. The lowest BCUT2D eigenvalue weighted by molar-refractivity contribution is -0.147. The molecule has 0 saturated carbocycles. The van der Waals surface area contributed by atoms with Gasteiger partial charge < -0.3 is 10.1 Å². The Morgan fingerprint density at radius 2 is 1.88 bits per heavy atom. The zero-order valence-corrected chi connectivity index (χ0v) is 14.7. The first-order valence-corrected chi connectivity index (χ1v) is 8.48. The van der Waals surface area contributed by atoms with Gasteiger partial charge >= 0.3 is 5.97 Å². The largest absolute Gasteiger partial charge is 0.456 e. The fourth-order valence-electron chi connectivity index (χ4n) is 2.22.